The van der Waals surface area contributed by atoms with Crippen LogP contribution in [0.1, 0.15) is 32.1 Å². The number of carboxylic acids is 1. The van der Waals surface area contributed by atoms with Crippen molar-refractivity contribution in [3.05, 3.63) is 0 Å². The molecule has 1 amide bonds. The van der Waals surface area contributed by atoms with Crippen molar-refractivity contribution >= 4 is 11.9 Å². The Balaban J connectivity index is 1.99. The summed E-state index contributed by atoms with van der Waals surface area (Å²) in [5, 5.41) is 8.87. The number of aliphatic carboxylic acids is 1. The highest BCUT2D eigenvalue weighted by atomic mass is 16.5. The lowest BCUT2D eigenvalue weighted by Crippen LogP contribution is -2.47. The number of carbonyl (C=O) groups excluding carboxylic acids is 1. The van der Waals surface area contributed by atoms with E-state index in [0.29, 0.717) is 19.8 Å². The molecule has 2 rings (SSSR count). The zero-order chi connectivity index (χ0) is 12.3. The topological polar surface area (TPSA) is 66.8 Å². The summed E-state index contributed by atoms with van der Waals surface area (Å²) in [6, 6.07) is -0.116. The van der Waals surface area contributed by atoms with Crippen LogP contribution in [0, 0.1) is 5.92 Å². The van der Waals surface area contributed by atoms with Gasteiger partial charge in [0.05, 0.1) is 18.9 Å². The molecule has 2 aliphatic heterocycles. The van der Waals surface area contributed by atoms with E-state index in [4.69, 9.17) is 9.84 Å². The van der Waals surface area contributed by atoms with Crippen molar-refractivity contribution in [3.8, 4) is 0 Å². The number of ether oxygens (including phenoxy) is 1. The fraction of sp³-hybridized carbons (Fsp3) is 0.833. The summed E-state index contributed by atoms with van der Waals surface area (Å²) in [4.78, 5) is 24.8. The molecule has 0 aromatic heterocycles. The van der Waals surface area contributed by atoms with Gasteiger partial charge in [0, 0.05) is 19.2 Å². The third-order valence-corrected chi connectivity index (χ3v) is 3.60. The Morgan fingerprint density at radius 3 is 2.76 bits per heavy atom. The minimum Gasteiger partial charge on any atom is -0.481 e. The van der Waals surface area contributed by atoms with Crippen LogP contribution in [0.25, 0.3) is 0 Å². The Labute approximate surface area is 101 Å². The lowest BCUT2D eigenvalue weighted by molar-refractivity contribution is -0.143. The smallest absolute Gasteiger partial charge is 0.305 e. The highest BCUT2D eigenvalue weighted by molar-refractivity contribution is 5.80. The number of rotatable bonds is 3. The molecule has 0 spiro atoms. The van der Waals surface area contributed by atoms with E-state index >= 15 is 0 Å². The molecule has 5 nitrogen and oxygen atoms in total. The van der Waals surface area contributed by atoms with Gasteiger partial charge < -0.3 is 14.7 Å². The van der Waals surface area contributed by atoms with E-state index < -0.39 is 5.97 Å². The largest absolute Gasteiger partial charge is 0.481 e. The van der Waals surface area contributed by atoms with Crippen molar-refractivity contribution in [1.82, 2.24) is 4.90 Å². The second-order valence-corrected chi connectivity index (χ2v) is 4.84. The van der Waals surface area contributed by atoms with Gasteiger partial charge in [0.2, 0.25) is 5.91 Å². The van der Waals surface area contributed by atoms with Crippen LogP contribution in [-0.2, 0) is 14.3 Å². The third-order valence-electron chi connectivity index (χ3n) is 3.60. The lowest BCUT2D eigenvalue weighted by Gasteiger charge is -2.36. The Morgan fingerprint density at radius 1 is 1.29 bits per heavy atom. The summed E-state index contributed by atoms with van der Waals surface area (Å²) in [5.74, 6) is -0.782. The number of amides is 1. The molecule has 0 aliphatic carbocycles. The zero-order valence-corrected chi connectivity index (χ0v) is 9.93. The highest BCUT2D eigenvalue weighted by Crippen LogP contribution is 2.24. The van der Waals surface area contributed by atoms with Crippen molar-refractivity contribution in [3.63, 3.8) is 0 Å². The second-order valence-electron chi connectivity index (χ2n) is 4.84. The summed E-state index contributed by atoms with van der Waals surface area (Å²) in [6.45, 7) is 1.84. The number of likely N-dealkylation sites (tertiary alicyclic amines) is 1. The van der Waals surface area contributed by atoms with Crippen molar-refractivity contribution < 1.29 is 19.4 Å². The summed E-state index contributed by atoms with van der Waals surface area (Å²) in [6.07, 6.45) is 3.65. The monoisotopic (exact) mass is 241 g/mol. The second kappa shape index (κ2) is 5.49. The van der Waals surface area contributed by atoms with E-state index in [1.54, 1.807) is 4.90 Å². The number of hydrogen-bond donors (Lipinski definition) is 1. The van der Waals surface area contributed by atoms with Gasteiger partial charge in [0.15, 0.2) is 0 Å². The average Bonchev–Trinajstić information content (AvgIpc) is 2.81. The molecule has 17 heavy (non-hydrogen) atoms. The summed E-state index contributed by atoms with van der Waals surface area (Å²) >= 11 is 0. The maximum atomic E-state index is 12.2. The van der Waals surface area contributed by atoms with E-state index in [2.05, 4.69) is 0 Å². The van der Waals surface area contributed by atoms with Gasteiger partial charge in [-0.05, 0) is 25.7 Å². The van der Waals surface area contributed by atoms with Gasteiger partial charge >= 0.3 is 5.97 Å². The predicted molar refractivity (Wildman–Crippen MR) is 60.5 cm³/mol. The molecule has 0 aromatic carbocycles. The molecule has 2 atom stereocenters. The maximum Gasteiger partial charge on any atom is 0.305 e. The molecule has 2 fully saturated rings. The summed E-state index contributed by atoms with van der Waals surface area (Å²) < 4.78 is 5.22. The normalized spacial score (nSPS) is 29.3. The zero-order valence-electron chi connectivity index (χ0n) is 9.93. The van der Waals surface area contributed by atoms with Crippen LogP contribution in [0.4, 0.5) is 0 Å². The van der Waals surface area contributed by atoms with Gasteiger partial charge in [0.25, 0.3) is 0 Å². The first-order chi connectivity index (χ1) is 8.18. The first kappa shape index (κ1) is 12.4. The van der Waals surface area contributed by atoms with Gasteiger partial charge in [0.1, 0.15) is 0 Å². The minimum absolute atomic E-state index is 0.0515. The van der Waals surface area contributed by atoms with Crippen LogP contribution in [0.5, 0.6) is 0 Å². The van der Waals surface area contributed by atoms with Gasteiger partial charge in [-0.1, -0.05) is 0 Å². The van der Waals surface area contributed by atoms with Crippen molar-refractivity contribution in [2.24, 2.45) is 5.92 Å². The van der Waals surface area contributed by atoms with Crippen LogP contribution in [0.3, 0.4) is 0 Å². The van der Waals surface area contributed by atoms with E-state index in [1.807, 2.05) is 0 Å². The Bertz CT molecular complexity index is 299. The van der Waals surface area contributed by atoms with Crippen LogP contribution in [0.15, 0.2) is 0 Å². The first-order valence-corrected chi connectivity index (χ1v) is 6.28. The number of carboxylic acid groups (broad SMARTS) is 1. The molecule has 0 aromatic rings. The molecule has 0 bridgehead atoms. The number of nitrogens with zero attached hydrogens (tertiary/aromatic N) is 1. The number of hydrogen-bond acceptors (Lipinski definition) is 3. The summed E-state index contributed by atoms with van der Waals surface area (Å²) in [7, 11) is 0. The molecular formula is C12H19NO4. The average molecular weight is 241 g/mol. The number of carbonyl (C=O) groups is 2. The highest BCUT2D eigenvalue weighted by Gasteiger charge is 2.34. The third kappa shape index (κ3) is 2.97. The van der Waals surface area contributed by atoms with Crippen LogP contribution < -0.4 is 0 Å². The van der Waals surface area contributed by atoms with E-state index in [0.717, 1.165) is 25.7 Å². The molecule has 0 saturated carbocycles. The molecule has 2 heterocycles. The van der Waals surface area contributed by atoms with Gasteiger partial charge in [-0.15, -0.1) is 0 Å². The predicted octanol–water partition coefficient (Wildman–Crippen LogP) is 0.879. The van der Waals surface area contributed by atoms with Gasteiger partial charge in [-0.2, -0.15) is 0 Å². The van der Waals surface area contributed by atoms with Crippen LogP contribution >= 0.6 is 0 Å². The van der Waals surface area contributed by atoms with Gasteiger partial charge in [-0.3, -0.25) is 9.59 Å². The Hall–Kier alpha value is -1.10. The van der Waals surface area contributed by atoms with Crippen molar-refractivity contribution in [2.45, 2.75) is 38.1 Å². The van der Waals surface area contributed by atoms with Gasteiger partial charge in [-0.25, -0.2) is 0 Å². The minimum atomic E-state index is -0.822. The maximum absolute atomic E-state index is 12.2. The molecule has 2 unspecified atom stereocenters. The lowest BCUT2D eigenvalue weighted by atomic mass is 9.96. The van der Waals surface area contributed by atoms with E-state index in [9.17, 15) is 9.59 Å². The van der Waals surface area contributed by atoms with E-state index in [-0.39, 0.29) is 24.3 Å². The fourth-order valence-corrected chi connectivity index (χ4v) is 2.67. The quantitative estimate of drug-likeness (QED) is 0.796. The van der Waals surface area contributed by atoms with Crippen molar-refractivity contribution in [1.29, 1.82) is 0 Å². The Kier molecular flexibility index (Phi) is 3.99. The fourth-order valence-electron chi connectivity index (χ4n) is 2.67. The van der Waals surface area contributed by atoms with Crippen molar-refractivity contribution in [2.75, 3.05) is 19.8 Å². The molecule has 5 heteroatoms. The molecule has 96 valence electrons. The Morgan fingerprint density at radius 2 is 2.12 bits per heavy atom. The van der Waals surface area contributed by atoms with E-state index in [1.165, 1.54) is 0 Å². The van der Waals surface area contributed by atoms with Crippen LogP contribution in [0.2, 0.25) is 0 Å². The molecule has 1 N–H and O–H groups in total. The molecule has 0 radical (unpaired) electrons. The SMILES string of the molecule is O=C(O)CC1CCCCN1C(=O)C1CCOC1. The molecule has 2 aliphatic rings. The number of piperidine rings is 1. The first-order valence-electron chi connectivity index (χ1n) is 6.28. The molecular weight excluding hydrogens is 222 g/mol. The summed E-state index contributed by atoms with van der Waals surface area (Å²) in [5.41, 5.74) is 0. The standard InChI is InChI=1S/C12H19NO4/c14-11(15)7-10-3-1-2-5-13(10)12(16)9-4-6-17-8-9/h9-10H,1-8H2,(H,14,15). The van der Waals surface area contributed by atoms with Crippen LogP contribution in [-0.4, -0.2) is 47.7 Å². The molecule has 2 saturated heterocycles.